The van der Waals surface area contributed by atoms with Crippen LogP contribution in [0.15, 0.2) is 144 Å². The molecule has 4 heteroatoms. The first kappa shape index (κ1) is 47.2. The summed E-state index contributed by atoms with van der Waals surface area (Å²) in [4.78, 5) is 25.0. The maximum Gasteiger partial charge on any atom is 0.188 e. The van der Waals surface area contributed by atoms with Crippen molar-refractivity contribution in [2.75, 3.05) is 13.2 Å². The maximum absolute atomic E-state index is 12.6. The van der Waals surface area contributed by atoms with E-state index in [4.69, 9.17) is 0 Å². The molecule has 0 atom stereocenters. The average Bonchev–Trinajstić information content (AvgIpc) is 3.16. The van der Waals surface area contributed by atoms with Crippen LogP contribution >= 0.6 is 0 Å². The van der Waals surface area contributed by atoms with E-state index in [2.05, 4.69) is 116 Å². The van der Waals surface area contributed by atoms with Crippen LogP contribution in [-0.4, -0.2) is 35.0 Å². The normalized spacial score (nSPS) is 15.2. The molecular weight excluding hydrogens is 653 g/mol. The molecule has 0 heterocycles. The van der Waals surface area contributed by atoms with Crippen LogP contribution in [0.2, 0.25) is 0 Å². The van der Waals surface area contributed by atoms with Gasteiger partial charge in [-0.2, -0.15) is 0 Å². The predicted molar refractivity (Wildman–Crippen MR) is 229 cm³/mol. The highest BCUT2D eigenvalue weighted by atomic mass is 16.3. The van der Waals surface area contributed by atoms with Crippen LogP contribution in [0.5, 0.6) is 0 Å². The molecule has 0 aromatic rings. The van der Waals surface area contributed by atoms with Crippen LogP contribution < -0.4 is 0 Å². The Bertz CT molecular complexity index is 1370. The minimum atomic E-state index is -0.537. The summed E-state index contributed by atoms with van der Waals surface area (Å²) in [6.07, 6.45) is 64.9. The summed E-state index contributed by atoms with van der Waals surface area (Å²) in [6.45, 7) is 2.62. The first-order valence-corrected chi connectivity index (χ1v) is 20.3. The molecule has 0 saturated carbocycles. The molecule has 0 amide bonds. The highest BCUT2D eigenvalue weighted by Crippen LogP contribution is 2.26. The van der Waals surface area contributed by atoms with Crippen molar-refractivity contribution in [3.05, 3.63) is 144 Å². The van der Waals surface area contributed by atoms with Crippen LogP contribution in [0.25, 0.3) is 0 Å². The van der Waals surface area contributed by atoms with Crippen LogP contribution in [0, 0.1) is 0 Å². The van der Waals surface area contributed by atoms with Crippen molar-refractivity contribution < 1.29 is 19.8 Å². The molecule has 0 unspecified atom stereocenters. The molecule has 4 nitrogen and oxygen atoms in total. The molecule has 0 aliphatic heterocycles. The first-order chi connectivity index (χ1) is 26.1. The van der Waals surface area contributed by atoms with Gasteiger partial charge in [-0.3, -0.25) is 9.59 Å². The van der Waals surface area contributed by atoms with E-state index in [1.807, 2.05) is 12.2 Å². The first-order valence-electron chi connectivity index (χ1n) is 20.3. The highest BCUT2D eigenvalue weighted by Gasteiger charge is 2.30. The Morgan fingerprint density at radius 2 is 0.566 bits per heavy atom. The number of hydrogen-bond donors (Lipinski definition) is 2. The van der Waals surface area contributed by atoms with Gasteiger partial charge in [-0.25, -0.2) is 0 Å². The van der Waals surface area contributed by atoms with Crippen molar-refractivity contribution >= 4 is 11.6 Å². The molecule has 2 N–H and O–H groups in total. The van der Waals surface area contributed by atoms with Crippen molar-refractivity contribution in [1.29, 1.82) is 0 Å². The molecule has 0 bridgehead atoms. The zero-order valence-electron chi connectivity index (χ0n) is 33.1. The standard InChI is InChI=1S/C49H70O4/c1-3-4-5-6-7-8-9-10-11-12-13-14-15-16-17-18-19-20-21-22-23-24-25-26-27-28-29-30-31-32-33-34-35-36-37-38-39-40-41-45-44(2)48(52)46(42-50)47(43-51)49(45)53/h3-4,7-8,11-12,15-16,19-20,23-24,27-28,31-32,35-36,39-40,50-51H,5-6,9-10,13-14,17-18,21-22,25-26,29-30,33-34,37-38,41-43H2,1-2H3/b4-3+,8-7+,12-11+,16-15+,20-19+,24-23+,28-27+,32-31+,36-35+,40-39+. The third-order valence-electron chi connectivity index (χ3n) is 8.85. The highest BCUT2D eigenvalue weighted by molar-refractivity contribution is 6.25. The summed E-state index contributed by atoms with van der Waals surface area (Å²) in [5.74, 6) is -0.687. The van der Waals surface area contributed by atoms with Crippen LogP contribution in [-0.2, 0) is 9.59 Å². The van der Waals surface area contributed by atoms with Gasteiger partial charge in [-0.1, -0.05) is 122 Å². The molecule has 0 radical (unpaired) electrons. The van der Waals surface area contributed by atoms with Crippen molar-refractivity contribution in [3.8, 4) is 0 Å². The lowest BCUT2D eigenvalue weighted by molar-refractivity contribution is -0.117. The predicted octanol–water partition coefficient (Wildman–Crippen LogP) is 12.7. The van der Waals surface area contributed by atoms with Crippen molar-refractivity contribution in [2.24, 2.45) is 0 Å². The zero-order valence-corrected chi connectivity index (χ0v) is 33.1. The lowest BCUT2D eigenvalue weighted by atomic mass is 9.83. The molecule has 0 aromatic heterocycles. The fourth-order valence-electron chi connectivity index (χ4n) is 5.67. The Morgan fingerprint density at radius 3 is 0.811 bits per heavy atom. The Labute approximate surface area is 323 Å². The third-order valence-corrected chi connectivity index (χ3v) is 8.85. The number of ketones is 2. The average molecular weight is 723 g/mol. The minimum absolute atomic E-state index is 0.0132. The monoisotopic (exact) mass is 723 g/mol. The van der Waals surface area contributed by atoms with E-state index in [-0.39, 0.29) is 22.7 Å². The van der Waals surface area contributed by atoms with Gasteiger partial charge >= 0.3 is 0 Å². The van der Waals surface area contributed by atoms with Crippen LogP contribution in [0.3, 0.4) is 0 Å². The number of rotatable bonds is 31. The lowest BCUT2D eigenvalue weighted by Gasteiger charge is -2.19. The Balaban J connectivity index is 1.95. The zero-order chi connectivity index (χ0) is 38.5. The molecule has 53 heavy (non-hydrogen) atoms. The maximum atomic E-state index is 12.6. The topological polar surface area (TPSA) is 74.6 Å². The van der Waals surface area contributed by atoms with E-state index in [9.17, 15) is 19.8 Å². The van der Waals surface area contributed by atoms with E-state index < -0.39 is 13.2 Å². The van der Waals surface area contributed by atoms with Gasteiger partial charge in [0.2, 0.25) is 0 Å². The number of Topliss-reactive ketones (excluding diaryl/α,β-unsaturated/α-hetero) is 2. The number of aliphatic hydroxyl groups is 2. The van der Waals surface area contributed by atoms with Gasteiger partial charge in [-0.15, -0.1) is 0 Å². The second kappa shape index (κ2) is 35.2. The summed E-state index contributed by atoms with van der Waals surface area (Å²) < 4.78 is 0. The van der Waals surface area contributed by atoms with E-state index in [1.54, 1.807) is 6.92 Å². The van der Waals surface area contributed by atoms with E-state index >= 15 is 0 Å². The van der Waals surface area contributed by atoms with E-state index in [1.165, 1.54) is 0 Å². The van der Waals surface area contributed by atoms with Gasteiger partial charge in [0.25, 0.3) is 0 Å². The lowest BCUT2D eigenvalue weighted by Crippen LogP contribution is -2.26. The smallest absolute Gasteiger partial charge is 0.188 e. The Hall–Kier alpha value is -3.86. The van der Waals surface area contributed by atoms with Crippen LogP contribution in [0.1, 0.15) is 136 Å². The van der Waals surface area contributed by atoms with Gasteiger partial charge in [-0.05, 0) is 136 Å². The summed E-state index contributed by atoms with van der Waals surface area (Å²) in [6, 6.07) is 0. The number of carbonyl (C=O) groups excluding carboxylic acids is 2. The number of hydrogen-bond acceptors (Lipinski definition) is 4. The fraction of sp³-hybridized carbons (Fsp3) is 0.469. The largest absolute Gasteiger partial charge is 0.392 e. The van der Waals surface area contributed by atoms with Crippen molar-refractivity contribution in [3.63, 3.8) is 0 Å². The number of allylic oxidation sites excluding steroid dienone is 22. The molecule has 1 aliphatic rings. The van der Waals surface area contributed by atoms with Gasteiger partial charge in [0.05, 0.1) is 13.2 Å². The quantitative estimate of drug-likeness (QED) is 0.0424. The molecule has 1 rings (SSSR count). The second-order valence-corrected chi connectivity index (χ2v) is 13.2. The molecule has 0 saturated heterocycles. The Morgan fingerprint density at radius 1 is 0.340 bits per heavy atom. The van der Waals surface area contributed by atoms with E-state index in [0.29, 0.717) is 17.6 Å². The van der Waals surface area contributed by atoms with Gasteiger partial charge in [0.1, 0.15) is 0 Å². The summed E-state index contributed by atoms with van der Waals surface area (Å²) in [5.41, 5.74) is 0.796. The number of unbranched alkanes of at least 4 members (excludes halogenated alkanes) is 9. The second-order valence-electron chi connectivity index (χ2n) is 13.2. The summed E-state index contributed by atoms with van der Waals surface area (Å²) in [5, 5.41) is 18.9. The molecular formula is C49H70O4. The van der Waals surface area contributed by atoms with E-state index in [0.717, 1.165) is 116 Å². The number of carbonyl (C=O) groups is 2. The molecule has 1 aliphatic carbocycles. The summed E-state index contributed by atoms with van der Waals surface area (Å²) in [7, 11) is 0. The van der Waals surface area contributed by atoms with Crippen molar-refractivity contribution in [2.45, 2.75) is 136 Å². The SMILES string of the molecule is C/C=C/CC/C=C/CC/C=C/CC/C=C/CC/C=C/CC/C=C/CC/C=C/CC/C=C/CC/C=C/CC/C=C/CC1=C(C)C(=O)C(CO)=C(CO)C1=O. The Kier molecular flexibility index (Phi) is 31.3. The van der Waals surface area contributed by atoms with Gasteiger partial charge in [0, 0.05) is 22.3 Å². The molecule has 0 spiro atoms. The third kappa shape index (κ3) is 24.9. The molecule has 0 fully saturated rings. The van der Waals surface area contributed by atoms with Crippen LogP contribution in [0.4, 0.5) is 0 Å². The fourth-order valence-corrected chi connectivity index (χ4v) is 5.67. The van der Waals surface area contributed by atoms with Gasteiger partial charge in [0.15, 0.2) is 11.6 Å². The molecule has 0 aromatic carbocycles. The minimum Gasteiger partial charge on any atom is -0.392 e. The summed E-state index contributed by atoms with van der Waals surface area (Å²) >= 11 is 0. The number of aliphatic hydroxyl groups excluding tert-OH is 2. The molecule has 290 valence electrons. The van der Waals surface area contributed by atoms with Gasteiger partial charge < -0.3 is 10.2 Å². The van der Waals surface area contributed by atoms with Crippen molar-refractivity contribution in [1.82, 2.24) is 0 Å².